The zero-order valence-electron chi connectivity index (χ0n) is 11.0. The maximum absolute atomic E-state index is 12.5. The van der Waals surface area contributed by atoms with Gasteiger partial charge in [-0.25, -0.2) is 0 Å². The summed E-state index contributed by atoms with van der Waals surface area (Å²) in [4.78, 5) is 10.9. The molecule has 0 heterocycles. The fourth-order valence-electron chi connectivity index (χ4n) is 1.91. The van der Waals surface area contributed by atoms with E-state index in [9.17, 15) is 18.0 Å². The Kier molecular flexibility index (Phi) is 4.16. The van der Waals surface area contributed by atoms with E-state index in [0.717, 1.165) is 0 Å². The number of benzene rings is 2. The van der Waals surface area contributed by atoms with Gasteiger partial charge in [0, 0.05) is 16.7 Å². The third kappa shape index (κ3) is 3.53. The van der Waals surface area contributed by atoms with Crippen molar-refractivity contribution in [1.29, 1.82) is 0 Å². The molecule has 0 aromatic heterocycles. The van der Waals surface area contributed by atoms with Crippen LogP contribution in [0.3, 0.4) is 0 Å². The van der Waals surface area contributed by atoms with E-state index in [1.165, 1.54) is 43.5 Å². The second-order valence-corrected chi connectivity index (χ2v) is 4.12. The highest BCUT2D eigenvalue weighted by Gasteiger charge is 2.32. The lowest BCUT2D eigenvalue weighted by Crippen LogP contribution is -2.17. The zero-order valence-corrected chi connectivity index (χ0v) is 11.0. The Labute approximate surface area is 118 Å². The number of hydrogen-bond donors (Lipinski definition) is 0. The molecule has 0 aliphatic rings. The molecule has 0 saturated heterocycles. The molecule has 2 aromatic carbocycles. The van der Waals surface area contributed by atoms with Gasteiger partial charge in [-0.3, -0.25) is 4.79 Å². The van der Waals surface area contributed by atoms with Crippen LogP contribution in [0, 0.1) is 0 Å². The van der Waals surface area contributed by atoms with Crippen LogP contribution < -0.4 is 9.47 Å². The molecule has 0 atom stereocenters. The van der Waals surface area contributed by atoms with Gasteiger partial charge in [-0.1, -0.05) is 18.2 Å². The van der Waals surface area contributed by atoms with Crippen LogP contribution in [-0.2, 0) is 0 Å². The molecule has 0 unspecified atom stereocenters. The van der Waals surface area contributed by atoms with Crippen LogP contribution in [0.1, 0.15) is 10.4 Å². The minimum atomic E-state index is -4.80. The van der Waals surface area contributed by atoms with Crippen LogP contribution in [-0.4, -0.2) is 19.8 Å². The van der Waals surface area contributed by atoms with Crippen molar-refractivity contribution < 1.29 is 27.4 Å². The molecule has 0 aliphatic carbocycles. The Bertz CT molecular complexity index is 651. The maximum Gasteiger partial charge on any atom is 0.573 e. The SMILES string of the molecule is COc1ccc(C=O)cc1-c1ccccc1OC(F)(F)F. The topological polar surface area (TPSA) is 35.5 Å². The van der Waals surface area contributed by atoms with E-state index in [4.69, 9.17) is 4.74 Å². The summed E-state index contributed by atoms with van der Waals surface area (Å²) in [7, 11) is 1.40. The number of para-hydroxylation sites is 1. The molecule has 0 bridgehead atoms. The van der Waals surface area contributed by atoms with Crippen molar-refractivity contribution in [3.05, 3.63) is 48.0 Å². The third-order valence-corrected chi connectivity index (χ3v) is 2.76. The number of carbonyl (C=O) groups is 1. The van der Waals surface area contributed by atoms with E-state index in [0.29, 0.717) is 23.2 Å². The van der Waals surface area contributed by atoms with E-state index in [-0.39, 0.29) is 11.3 Å². The molecule has 0 spiro atoms. The first-order chi connectivity index (χ1) is 9.94. The van der Waals surface area contributed by atoms with Crippen molar-refractivity contribution in [1.82, 2.24) is 0 Å². The van der Waals surface area contributed by atoms with Gasteiger partial charge < -0.3 is 9.47 Å². The normalized spacial score (nSPS) is 11.0. The third-order valence-electron chi connectivity index (χ3n) is 2.76. The van der Waals surface area contributed by atoms with Crippen LogP contribution >= 0.6 is 0 Å². The molecule has 0 radical (unpaired) electrons. The van der Waals surface area contributed by atoms with Gasteiger partial charge in [-0.15, -0.1) is 13.2 Å². The lowest BCUT2D eigenvalue weighted by atomic mass is 10.0. The van der Waals surface area contributed by atoms with Gasteiger partial charge in [0.1, 0.15) is 17.8 Å². The Morgan fingerprint density at radius 1 is 1.00 bits per heavy atom. The minimum Gasteiger partial charge on any atom is -0.496 e. The summed E-state index contributed by atoms with van der Waals surface area (Å²) in [5.74, 6) is -0.00910. The summed E-state index contributed by atoms with van der Waals surface area (Å²) >= 11 is 0. The summed E-state index contributed by atoms with van der Waals surface area (Å²) in [6, 6.07) is 10.2. The van der Waals surface area contributed by atoms with Gasteiger partial charge in [0.2, 0.25) is 0 Å². The predicted octanol–water partition coefficient (Wildman–Crippen LogP) is 4.07. The first-order valence-electron chi connectivity index (χ1n) is 5.93. The van der Waals surface area contributed by atoms with Crippen LogP contribution in [0.5, 0.6) is 11.5 Å². The van der Waals surface area contributed by atoms with Crippen LogP contribution in [0.15, 0.2) is 42.5 Å². The highest BCUT2D eigenvalue weighted by atomic mass is 19.4. The average Bonchev–Trinajstić information content (AvgIpc) is 2.45. The molecule has 0 fully saturated rings. The standard InChI is InChI=1S/C15H11F3O3/c1-20-13-7-6-10(9-19)8-12(13)11-4-2-3-5-14(11)21-15(16,17)18/h2-9H,1H3. The number of rotatable bonds is 4. The molecule has 3 nitrogen and oxygen atoms in total. The van der Waals surface area contributed by atoms with Crippen molar-refractivity contribution in [2.24, 2.45) is 0 Å². The Hall–Kier alpha value is -2.50. The summed E-state index contributed by atoms with van der Waals surface area (Å²) in [5.41, 5.74) is 0.866. The van der Waals surface area contributed by atoms with Crippen LogP contribution in [0.25, 0.3) is 11.1 Å². The first-order valence-corrected chi connectivity index (χ1v) is 5.93. The van der Waals surface area contributed by atoms with Crippen LogP contribution in [0.4, 0.5) is 13.2 Å². The molecule has 0 amide bonds. The van der Waals surface area contributed by atoms with Gasteiger partial charge in [0.25, 0.3) is 0 Å². The molecular formula is C15H11F3O3. The number of hydrogen-bond acceptors (Lipinski definition) is 3. The highest BCUT2D eigenvalue weighted by Crippen LogP contribution is 2.38. The van der Waals surface area contributed by atoms with Gasteiger partial charge in [-0.2, -0.15) is 0 Å². The number of alkyl halides is 3. The second kappa shape index (κ2) is 5.87. The number of methoxy groups -OCH3 is 1. The largest absolute Gasteiger partial charge is 0.573 e. The zero-order chi connectivity index (χ0) is 15.5. The summed E-state index contributed by atoms with van der Waals surface area (Å²) in [6.07, 6.45) is -4.19. The van der Waals surface area contributed by atoms with Crippen molar-refractivity contribution in [3.8, 4) is 22.6 Å². The molecule has 21 heavy (non-hydrogen) atoms. The Morgan fingerprint density at radius 2 is 1.71 bits per heavy atom. The van der Waals surface area contributed by atoms with E-state index in [2.05, 4.69) is 4.74 Å². The maximum atomic E-state index is 12.5. The van der Waals surface area contributed by atoms with Gasteiger partial charge in [0.15, 0.2) is 0 Å². The molecule has 2 rings (SSSR count). The lowest BCUT2D eigenvalue weighted by molar-refractivity contribution is -0.274. The highest BCUT2D eigenvalue weighted by molar-refractivity contribution is 5.83. The number of aldehydes is 1. The monoisotopic (exact) mass is 296 g/mol. The molecule has 0 saturated carbocycles. The quantitative estimate of drug-likeness (QED) is 0.798. The number of halogens is 3. The summed E-state index contributed by atoms with van der Waals surface area (Å²) in [5, 5.41) is 0. The van der Waals surface area contributed by atoms with Crippen molar-refractivity contribution >= 4 is 6.29 Å². The molecule has 6 heteroatoms. The Morgan fingerprint density at radius 3 is 2.33 bits per heavy atom. The van der Waals surface area contributed by atoms with Crippen molar-refractivity contribution in [2.75, 3.05) is 7.11 Å². The van der Waals surface area contributed by atoms with Gasteiger partial charge >= 0.3 is 6.36 Å². The fourth-order valence-corrected chi connectivity index (χ4v) is 1.91. The molecule has 0 aliphatic heterocycles. The smallest absolute Gasteiger partial charge is 0.496 e. The Balaban J connectivity index is 2.58. The van der Waals surface area contributed by atoms with E-state index in [1.54, 1.807) is 6.07 Å². The predicted molar refractivity (Wildman–Crippen MR) is 70.5 cm³/mol. The van der Waals surface area contributed by atoms with E-state index >= 15 is 0 Å². The summed E-state index contributed by atoms with van der Waals surface area (Å²) < 4.78 is 46.5. The molecule has 110 valence electrons. The van der Waals surface area contributed by atoms with Crippen LogP contribution in [0.2, 0.25) is 0 Å². The van der Waals surface area contributed by atoms with Crippen molar-refractivity contribution in [2.45, 2.75) is 6.36 Å². The molecule has 2 aromatic rings. The number of carbonyl (C=O) groups excluding carboxylic acids is 1. The lowest BCUT2D eigenvalue weighted by Gasteiger charge is -2.15. The van der Waals surface area contributed by atoms with Crippen molar-refractivity contribution in [3.63, 3.8) is 0 Å². The van der Waals surface area contributed by atoms with Gasteiger partial charge in [-0.05, 0) is 24.3 Å². The number of ether oxygens (including phenoxy) is 2. The second-order valence-electron chi connectivity index (χ2n) is 4.12. The molecule has 0 N–H and O–H groups in total. The van der Waals surface area contributed by atoms with E-state index in [1.807, 2.05) is 0 Å². The van der Waals surface area contributed by atoms with E-state index < -0.39 is 6.36 Å². The minimum absolute atomic E-state index is 0.190. The molecular weight excluding hydrogens is 285 g/mol. The fraction of sp³-hybridized carbons (Fsp3) is 0.133. The average molecular weight is 296 g/mol. The summed E-state index contributed by atoms with van der Waals surface area (Å²) in [6.45, 7) is 0. The first kappa shape index (κ1) is 14.9. The van der Waals surface area contributed by atoms with Gasteiger partial charge in [0.05, 0.1) is 7.11 Å².